The molecule has 1 aromatic carbocycles. The van der Waals surface area contributed by atoms with E-state index in [9.17, 15) is 10.1 Å². The second-order valence-corrected chi connectivity index (χ2v) is 5.03. The van der Waals surface area contributed by atoms with E-state index in [0.717, 1.165) is 0 Å². The van der Waals surface area contributed by atoms with E-state index in [1.54, 1.807) is 12.1 Å². The first-order valence-corrected chi connectivity index (χ1v) is 6.27. The van der Waals surface area contributed by atoms with Crippen molar-refractivity contribution in [3.8, 4) is 5.75 Å². The lowest BCUT2D eigenvalue weighted by molar-refractivity contribution is -0.384. The Morgan fingerprint density at radius 3 is 2.79 bits per heavy atom. The number of nitrogens with zero attached hydrogens (tertiary/aromatic N) is 1. The van der Waals surface area contributed by atoms with Crippen molar-refractivity contribution >= 4 is 11.4 Å². The van der Waals surface area contributed by atoms with Gasteiger partial charge in [0.15, 0.2) is 0 Å². The van der Waals surface area contributed by atoms with Gasteiger partial charge in [0.05, 0.1) is 30.8 Å². The molecule has 1 saturated heterocycles. The molecule has 104 valence electrons. The molecule has 0 unspecified atom stereocenters. The van der Waals surface area contributed by atoms with Crippen LogP contribution < -0.4 is 10.1 Å². The van der Waals surface area contributed by atoms with Gasteiger partial charge >= 0.3 is 0 Å². The van der Waals surface area contributed by atoms with Crippen LogP contribution in [0.2, 0.25) is 0 Å². The molecule has 0 bridgehead atoms. The van der Waals surface area contributed by atoms with Gasteiger partial charge in [-0.05, 0) is 19.1 Å². The number of nitro benzene ring substituents is 1. The van der Waals surface area contributed by atoms with Gasteiger partial charge in [-0.3, -0.25) is 10.1 Å². The maximum atomic E-state index is 11.1. The number of rotatable bonds is 6. The first-order valence-electron chi connectivity index (χ1n) is 6.27. The summed E-state index contributed by atoms with van der Waals surface area (Å²) in [5.41, 5.74) is 0.614. The molecule has 0 aliphatic carbocycles. The molecule has 0 radical (unpaired) electrons. The van der Waals surface area contributed by atoms with Crippen LogP contribution in [-0.2, 0) is 4.74 Å². The number of nitrogens with one attached hydrogen (secondary N) is 1. The molecule has 1 aliphatic heterocycles. The van der Waals surface area contributed by atoms with E-state index >= 15 is 0 Å². The molecule has 1 aliphatic rings. The average Bonchev–Trinajstić information content (AvgIpc) is 2.35. The van der Waals surface area contributed by atoms with Gasteiger partial charge in [0.2, 0.25) is 0 Å². The van der Waals surface area contributed by atoms with Crippen LogP contribution in [0.4, 0.5) is 11.4 Å². The highest BCUT2D eigenvalue weighted by Crippen LogP contribution is 2.32. The monoisotopic (exact) mass is 266 g/mol. The molecule has 0 spiro atoms. The Morgan fingerprint density at radius 2 is 2.26 bits per heavy atom. The van der Waals surface area contributed by atoms with Crippen LogP contribution in [0.15, 0.2) is 18.2 Å². The second kappa shape index (κ2) is 5.44. The van der Waals surface area contributed by atoms with Gasteiger partial charge in [-0.15, -0.1) is 0 Å². The van der Waals surface area contributed by atoms with E-state index in [1.165, 1.54) is 6.07 Å². The van der Waals surface area contributed by atoms with Crippen LogP contribution in [0.5, 0.6) is 5.75 Å². The highest BCUT2D eigenvalue weighted by atomic mass is 16.6. The molecule has 1 fully saturated rings. The van der Waals surface area contributed by atoms with Crippen molar-refractivity contribution in [2.24, 2.45) is 5.41 Å². The minimum Gasteiger partial charge on any atom is -0.494 e. The molecule has 2 rings (SSSR count). The van der Waals surface area contributed by atoms with Gasteiger partial charge in [-0.25, -0.2) is 0 Å². The summed E-state index contributed by atoms with van der Waals surface area (Å²) < 4.78 is 10.4. The number of hydrogen-bond donors (Lipinski definition) is 1. The van der Waals surface area contributed by atoms with Gasteiger partial charge in [-0.1, -0.05) is 6.92 Å². The van der Waals surface area contributed by atoms with E-state index in [1.807, 2.05) is 6.92 Å². The number of anilines is 1. The predicted octanol–water partition coefficient (Wildman–Crippen LogP) is 2.44. The van der Waals surface area contributed by atoms with Crippen LogP contribution in [0.1, 0.15) is 13.8 Å². The lowest BCUT2D eigenvalue weighted by atomic mass is 9.88. The summed E-state index contributed by atoms with van der Waals surface area (Å²) >= 11 is 0. The lowest BCUT2D eigenvalue weighted by Gasteiger charge is -2.38. The number of hydrogen-bond acceptors (Lipinski definition) is 5. The molecule has 0 aromatic heterocycles. The van der Waals surface area contributed by atoms with Crippen LogP contribution in [0.3, 0.4) is 0 Å². The normalized spacial score (nSPS) is 16.5. The summed E-state index contributed by atoms with van der Waals surface area (Å²) in [7, 11) is 0. The molecule has 6 nitrogen and oxygen atoms in total. The summed E-state index contributed by atoms with van der Waals surface area (Å²) in [5.74, 6) is 0.512. The van der Waals surface area contributed by atoms with E-state index < -0.39 is 4.92 Å². The average molecular weight is 266 g/mol. The Kier molecular flexibility index (Phi) is 3.90. The fraction of sp³-hybridized carbons (Fsp3) is 0.538. The second-order valence-electron chi connectivity index (χ2n) is 5.03. The Labute approximate surface area is 111 Å². The van der Waals surface area contributed by atoms with Crippen LogP contribution in [0.25, 0.3) is 0 Å². The Morgan fingerprint density at radius 1 is 1.53 bits per heavy atom. The van der Waals surface area contributed by atoms with Gasteiger partial charge in [0.1, 0.15) is 11.4 Å². The van der Waals surface area contributed by atoms with Gasteiger partial charge < -0.3 is 14.8 Å². The zero-order chi connectivity index (χ0) is 13.9. The largest absolute Gasteiger partial charge is 0.494 e. The van der Waals surface area contributed by atoms with E-state index in [4.69, 9.17) is 9.47 Å². The molecule has 0 atom stereocenters. The highest BCUT2D eigenvalue weighted by molar-refractivity contribution is 5.64. The third-order valence-corrected chi connectivity index (χ3v) is 3.08. The minimum absolute atomic E-state index is 0.0368. The van der Waals surface area contributed by atoms with Crippen molar-refractivity contribution in [3.05, 3.63) is 28.3 Å². The van der Waals surface area contributed by atoms with Gasteiger partial charge in [-0.2, -0.15) is 0 Å². The molecule has 0 saturated carbocycles. The fourth-order valence-electron chi connectivity index (χ4n) is 1.93. The Hall–Kier alpha value is -1.82. The fourth-order valence-corrected chi connectivity index (χ4v) is 1.93. The zero-order valence-corrected chi connectivity index (χ0v) is 11.1. The summed E-state index contributed by atoms with van der Waals surface area (Å²) in [6, 6.07) is 4.87. The van der Waals surface area contributed by atoms with Crippen molar-refractivity contribution in [2.75, 3.05) is 31.7 Å². The summed E-state index contributed by atoms with van der Waals surface area (Å²) in [6.45, 7) is 6.44. The standard InChI is InChI=1S/C13H18N2O4/c1-3-19-10-4-5-11(12(6-10)15(16)17)14-7-13(2)8-18-9-13/h4-6,14H,3,7-9H2,1-2H3. The molecule has 1 aromatic rings. The Bertz CT molecular complexity index is 472. The molecule has 1 N–H and O–H groups in total. The van der Waals surface area contributed by atoms with Crippen molar-refractivity contribution in [1.29, 1.82) is 0 Å². The molecule has 19 heavy (non-hydrogen) atoms. The number of ether oxygens (including phenoxy) is 2. The van der Waals surface area contributed by atoms with Crippen molar-refractivity contribution < 1.29 is 14.4 Å². The molecule has 0 amide bonds. The molecular weight excluding hydrogens is 248 g/mol. The van der Waals surface area contributed by atoms with Gasteiger partial charge in [0, 0.05) is 12.0 Å². The predicted molar refractivity (Wildman–Crippen MR) is 71.7 cm³/mol. The van der Waals surface area contributed by atoms with E-state index in [0.29, 0.717) is 37.8 Å². The van der Waals surface area contributed by atoms with Crippen molar-refractivity contribution in [3.63, 3.8) is 0 Å². The molecular formula is C13H18N2O4. The topological polar surface area (TPSA) is 73.6 Å². The number of benzene rings is 1. The third-order valence-electron chi connectivity index (χ3n) is 3.08. The smallest absolute Gasteiger partial charge is 0.296 e. The lowest BCUT2D eigenvalue weighted by Crippen LogP contribution is -2.45. The maximum Gasteiger partial charge on any atom is 0.296 e. The SMILES string of the molecule is CCOc1ccc(NCC2(C)COC2)c([N+](=O)[O-])c1. The van der Waals surface area contributed by atoms with Gasteiger partial charge in [0.25, 0.3) is 5.69 Å². The van der Waals surface area contributed by atoms with Crippen LogP contribution in [-0.4, -0.2) is 31.3 Å². The number of nitro groups is 1. The minimum atomic E-state index is -0.398. The third kappa shape index (κ3) is 3.14. The maximum absolute atomic E-state index is 11.1. The first kappa shape index (κ1) is 13.6. The quantitative estimate of drug-likeness (QED) is 0.632. The van der Waals surface area contributed by atoms with Crippen molar-refractivity contribution in [1.82, 2.24) is 0 Å². The van der Waals surface area contributed by atoms with Crippen molar-refractivity contribution in [2.45, 2.75) is 13.8 Å². The summed E-state index contributed by atoms with van der Waals surface area (Å²) in [5, 5.41) is 14.2. The molecule has 1 heterocycles. The summed E-state index contributed by atoms with van der Waals surface area (Å²) in [4.78, 5) is 10.7. The first-order chi connectivity index (χ1) is 9.04. The van der Waals surface area contributed by atoms with Crippen LogP contribution >= 0.6 is 0 Å². The summed E-state index contributed by atoms with van der Waals surface area (Å²) in [6.07, 6.45) is 0. The van der Waals surface area contributed by atoms with Crippen LogP contribution in [0, 0.1) is 15.5 Å². The zero-order valence-electron chi connectivity index (χ0n) is 11.1. The Balaban J connectivity index is 2.12. The van der Waals surface area contributed by atoms with E-state index in [2.05, 4.69) is 12.2 Å². The van der Waals surface area contributed by atoms with E-state index in [-0.39, 0.29) is 11.1 Å². The molecule has 6 heteroatoms. The highest BCUT2D eigenvalue weighted by Gasteiger charge is 2.33.